The molecule has 2 aliphatic heterocycles. The number of nitrogens with one attached hydrogen (secondary N) is 1. The predicted molar refractivity (Wildman–Crippen MR) is 73.6 cm³/mol. The number of hydrogen-bond donors (Lipinski definition) is 1. The van der Waals surface area contributed by atoms with Crippen LogP contribution in [0, 0.1) is 5.92 Å². The van der Waals surface area contributed by atoms with Gasteiger partial charge in [0.15, 0.2) is 0 Å². The van der Waals surface area contributed by atoms with Crippen molar-refractivity contribution in [3.8, 4) is 0 Å². The van der Waals surface area contributed by atoms with Gasteiger partial charge in [-0.2, -0.15) is 24.9 Å². The Hall–Kier alpha value is 0.0600. The van der Waals surface area contributed by atoms with Gasteiger partial charge in [-0.15, -0.1) is 0 Å². The molecule has 0 aromatic heterocycles. The molecule has 0 spiro atoms. The monoisotopic (exact) mass is 296 g/mol. The van der Waals surface area contributed by atoms with Gasteiger partial charge in [-0.1, -0.05) is 0 Å². The molecule has 6 heteroatoms. The van der Waals surface area contributed by atoms with Crippen LogP contribution in [0.15, 0.2) is 0 Å². The van der Waals surface area contributed by atoms with Crippen LogP contribution in [0.25, 0.3) is 0 Å². The molecule has 0 saturated carbocycles. The molecular weight excluding hydrogens is 273 g/mol. The number of hydrogen-bond acceptors (Lipinski definition) is 3. The van der Waals surface area contributed by atoms with Gasteiger partial charge in [-0.3, -0.25) is 4.90 Å². The summed E-state index contributed by atoms with van der Waals surface area (Å²) < 4.78 is 36.8. The normalized spacial score (nSPS) is 24.8. The molecule has 0 aromatic carbocycles. The van der Waals surface area contributed by atoms with Crippen LogP contribution < -0.4 is 5.32 Å². The lowest BCUT2D eigenvalue weighted by Crippen LogP contribution is -2.46. The Labute approximate surface area is 117 Å². The van der Waals surface area contributed by atoms with E-state index in [0.717, 1.165) is 25.3 Å². The summed E-state index contributed by atoms with van der Waals surface area (Å²) in [6.07, 6.45) is 0.199. The maximum absolute atomic E-state index is 12.3. The Morgan fingerprint density at radius 1 is 1.05 bits per heavy atom. The highest BCUT2D eigenvalue weighted by molar-refractivity contribution is 7.99. The second-order valence-corrected chi connectivity index (χ2v) is 6.85. The van der Waals surface area contributed by atoms with Gasteiger partial charge in [0.05, 0.1) is 6.54 Å². The lowest BCUT2D eigenvalue weighted by molar-refractivity contribution is -0.148. The molecule has 0 atom stereocenters. The summed E-state index contributed by atoms with van der Waals surface area (Å²) in [4.78, 5) is 1.52. The van der Waals surface area contributed by atoms with Gasteiger partial charge < -0.3 is 5.32 Å². The number of alkyl halides is 3. The van der Waals surface area contributed by atoms with Crippen molar-refractivity contribution in [3.63, 3.8) is 0 Å². The van der Waals surface area contributed by atoms with E-state index >= 15 is 0 Å². The molecule has 2 heterocycles. The molecule has 19 heavy (non-hydrogen) atoms. The third kappa shape index (κ3) is 5.92. The highest BCUT2D eigenvalue weighted by Gasteiger charge is 2.32. The van der Waals surface area contributed by atoms with Gasteiger partial charge in [0.1, 0.15) is 0 Å². The first-order valence-corrected chi connectivity index (χ1v) is 8.28. The van der Waals surface area contributed by atoms with Gasteiger partial charge in [0, 0.05) is 6.04 Å². The van der Waals surface area contributed by atoms with E-state index in [1.54, 1.807) is 0 Å². The number of halogens is 3. The molecule has 0 unspecified atom stereocenters. The molecule has 1 N–H and O–H groups in total. The molecule has 2 saturated heterocycles. The predicted octanol–water partition coefficient (Wildman–Crippen LogP) is 2.75. The Bertz CT molecular complexity index is 259. The van der Waals surface area contributed by atoms with Gasteiger partial charge in [-0.25, -0.2) is 0 Å². The van der Waals surface area contributed by atoms with E-state index in [1.807, 2.05) is 11.8 Å². The smallest absolute Gasteiger partial charge is 0.314 e. The van der Waals surface area contributed by atoms with Gasteiger partial charge in [0.2, 0.25) is 0 Å². The van der Waals surface area contributed by atoms with Gasteiger partial charge in [-0.05, 0) is 62.7 Å². The van der Waals surface area contributed by atoms with Crippen molar-refractivity contribution in [2.24, 2.45) is 5.92 Å². The number of nitrogens with zero attached hydrogens (tertiary/aromatic N) is 1. The van der Waals surface area contributed by atoms with Gasteiger partial charge >= 0.3 is 6.18 Å². The minimum absolute atomic E-state index is 0.416. The van der Waals surface area contributed by atoms with Crippen LogP contribution >= 0.6 is 11.8 Å². The Kier molecular flexibility index (Phi) is 5.84. The van der Waals surface area contributed by atoms with Crippen LogP contribution in [0.4, 0.5) is 13.2 Å². The zero-order valence-corrected chi connectivity index (χ0v) is 12.0. The van der Waals surface area contributed by atoms with E-state index in [0.29, 0.717) is 19.1 Å². The molecule has 2 nitrogen and oxygen atoms in total. The molecule has 0 aromatic rings. The quantitative estimate of drug-likeness (QED) is 0.859. The Morgan fingerprint density at radius 2 is 1.68 bits per heavy atom. The highest BCUT2D eigenvalue weighted by atomic mass is 32.2. The molecular formula is C13H23F3N2S. The summed E-state index contributed by atoms with van der Waals surface area (Å²) in [5.41, 5.74) is 0. The van der Waals surface area contributed by atoms with Crippen molar-refractivity contribution in [2.45, 2.75) is 37.9 Å². The topological polar surface area (TPSA) is 15.3 Å². The standard InChI is InChI=1S/C13H23F3N2S/c14-13(15,16)10-18-5-1-12(2-6-18)17-9-11-3-7-19-8-4-11/h11-12,17H,1-10H2. The van der Waals surface area contributed by atoms with Crippen molar-refractivity contribution in [3.05, 3.63) is 0 Å². The lowest BCUT2D eigenvalue weighted by Gasteiger charge is -2.34. The largest absolute Gasteiger partial charge is 0.401 e. The van der Waals surface area contributed by atoms with Gasteiger partial charge in [0.25, 0.3) is 0 Å². The Balaban J connectivity index is 1.60. The number of likely N-dealkylation sites (tertiary alicyclic amines) is 1. The molecule has 2 aliphatic rings. The average molecular weight is 296 g/mol. The molecule has 0 aliphatic carbocycles. The molecule has 112 valence electrons. The number of thioether (sulfide) groups is 1. The minimum atomic E-state index is -4.06. The third-order valence-corrected chi connectivity index (χ3v) is 5.08. The number of rotatable bonds is 4. The first kappa shape index (κ1) is 15.4. The second kappa shape index (κ2) is 7.18. The maximum Gasteiger partial charge on any atom is 0.401 e. The van der Waals surface area contributed by atoms with E-state index < -0.39 is 12.7 Å². The van der Waals surface area contributed by atoms with E-state index in [1.165, 1.54) is 29.2 Å². The first-order valence-electron chi connectivity index (χ1n) is 7.13. The first-order chi connectivity index (χ1) is 9.03. The SMILES string of the molecule is FC(F)(F)CN1CCC(NCC2CCSCC2)CC1. The van der Waals surface area contributed by atoms with E-state index in [-0.39, 0.29) is 0 Å². The fourth-order valence-electron chi connectivity index (χ4n) is 2.83. The summed E-state index contributed by atoms with van der Waals surface area (Å²) >= 11 is 2.02. The van der Waals surface area contributed by atoms with Crippen LogP contribution in [-0.2, 0) is 0 Å². The van der Waals surface area contributed by atoms with Crippen LogP contribution in [0.1, 0.15) is 25.7 Å². The zero-order chi connectivity index (χ0) is 13.7. The van der Waals surface area contributed by atoms with E-state index in [9.17, 15) is 13.2 Å². The fraction of sp³-hybridized carbons (Fsp3) is 1.00. The van der Waals surface area contributed by atoms with Crippen molar-refractivity contribution >= 4 is 11.8 Å². The maximum atomic E-state index is 12.3. The van der Waals surface area contributed by atoms with Crippen LogP contribution in [-0.4, -0.2) is 54.8 Å². The van der Waals surface area contributed by atoms with Crippen molar-refractivity contribution in [1.82, 2.24) is 10.2 Å². The molecule has 0 radical (unpaired) electrons. The molecule has 0 amide bonds. The second-order valence-electron chi connectivity index (χ2n) is 5.63. The Morgan fingerprint density at radius 3 is 2.26 bits per heavy atom. The summed E-state index contributed by atoms with van der Waals surface area (Å²) in [7, 11) is 0. The summed E-state index contributed by atoms with van der Waals surface area (Å²) in [5.74, 6) is 3.29. The van der Waals surface area contributed by atoms with Crippen molar-refractivity contribution in [2.75, 3.05) is 37.7 Å². The fourth-order valence-corrected chi connectivity index (χ4v) is 4.04. The number of piperidine rings is 1. The molecule has 2 fully saturated rings. The van der Waals surface area contributed by atoms with Crippen LogP contribution in [0.3, 0.4) is 0 Å². The zero-order valence-electron chi connectivity index (χ0n) is 11.2. The van der Waals surface area contributed by atoms with Crippen molar-refractivity contribution < 1.29 is 13.2 Å². The van der Waals surface area contributed by atoms with Crippen LogP contribution in [0.5, 0.6) is 0 Å². The summed E-state index contributed by atoms with van der Waals surface area (Å²) in [6.45, 7) is 1.43. The molecule has 0 bridgehead atoms. The molecule has 2 rings (SSSR count). The third-order valence-electron chi connectivity index (χ3n) is 4.03. The van der Waals surface area contributed by atoms with Crippen LogP contribution in [0.2, 0.25) is 0 Å². The summed E-state index contributed by atoms with van der Waals surface area (Å²) in [5, 5.41) is 3.56. The summed E-state index contributed by atoms with van der Waals surface area (Å²) in [6, 6.07) is 0.416. The van der Waals surface area contributed by atoms with E-state index in [4.69, 9.17) is 0 Å². The van der Waals surface area contributed by atoms with E-state index in [2.05, 4.69) is 5.32 Å². The lowest BCUT2D eigenvalue weighted by atomic mass is 10.00. The highest BCUT2D eigenvalue weighted by Crippen LogP contribution is 2.23. The average Bonchev–Trinajstić information content (AvgIpc) is 2.37. The van der Waals surface area contributed by atoms with Crippen molar-refractivity contribution in [1.29, 1.82) is 0 Å². The minimum Gasteiger partial charge on any atom is -0.314 e.